The van der Waals surface area contributed by atoms with Gasteiger partial charge in [0.15, 0.2) is 0 Å². The van der Waals surface area contributed by atoms with Gasteiger partial charge in [0.2, 0.25) is 0 Å². The van der Waals surface area contributed by atoms with Crippen molar-refractivity contribution in [3.63, 3.8) is 0 Å². The molecule has 23 heteroatoms. The molecule has 35 heavy (non-hydrogen) atoms. The minimum atomic E-state index is -3.22. The maximum Gasteiger partial charge on any atom is 2.00 e. The Labute approximate surface area is 237 Å². The van der Waals surface area contributed by atoms with E-state index < -0.39 is 72.7 Å². The topological polar surface area (TPSA) is 444 Å². The Balaban J connectivity index is -0.0000000291. The van der Waals surface area contributed by atoms with E-state index in [1.165, 1.54) is 0 Å². The number of carboxylic acid groups (broad SMARTS) is 6. The van der Waals surface area contributed by atoms with Gasteiger partial charge in [0, 0.05) is 35.8 Å². The average Bonchev–Trinajstić information content (AvgIpc) is 2.34. The molecule has 0 aromatic heterocycles. The molecule has 0 aromatic rings. The molecule has 0 fully saturated rings. The van der Waals surface area contributed by atoms with Crippen LogP contribution >= 0.6 is 0 Å². The van der Waals surface area contributed by atoms with E-state index in [4.69, 9.17) is 0 Å². The first-order valence-electron chi connectivity index (χ1n) is 6.19. The fraction of sp³-hybridized carbons (Fsp3) is 0.500. The molecule has 0 aliphatic carbocycles. The van der Waals surface area contributed by atoms with Crippen molar-refractivity contribution >= 4 is 35.8 Å². The number of aliphatic carboxylic acids is 6. The molecule has 4 radical (unpaired) electrons. The van der Waals surface area contributed by atoms with Gasteiger partial charge in [-0.15, -0.1) is 0 Å². The van der Waals surface area contributed by atoms with Crippen LogP contribution in [0.1, 0.15) is 25.7 Å². The average molecular weight is 720 g/mol. The van der Waals surface area contributed by atoms with Gasteiger partial charge < -0.3 is 97.0 Å². The van der Waals surface area contributed by atoms with E-state index in [9.17, 15) is 69.6 Å². The summed E-state index contributed by atoms with van der Waals surface area (Å²) in [5, 5.41) is 81.6. The quantitative estimate of drug-likeness (QED) is 0.189. The Morgan fingerprint density at radius 2 is 0.514 bits per heavy atom. The number of carbonyl (C=O) groups is 6. The van der Waals surface area contributed by atoms with Crippen LogP contribution in [0.25, 0.3) is 0 Å². The second-order valence-corrected chi connectivity index (χ2v) is 4.76. The van der Waals surface area contributed by atoms with Crippen molar-refractivity contribution in [1.82, 2.24) is 0 Å². The number of rotatable bonds is 10. The summed E-state index contributed by atoms with van der Waals surface area (Å²) in [7, 11) is 0. The summed E-state index contributed by atoms with van der Waals surface area (Å²) < 4.78 is 0. The molecule has 0 heterocycles. The summed E-state index contributed by atoms with van der Waals surface area (Å²) >= 11 is 0. The van der Waals surface area contributed by atoms with Crippen molar-refractivity contribution in [3.8, 4) is 0 Å². The van der Waals surface area contributed by atoms with Gasteiger partial charge in [-0.3, -0.25) is 0 Å². The Morgan fingerprint density at radius 1 is 0.400 bits per heavy atom. The predicted molar refractivity (Wildman–Crippen MR) is 72.0 cm³/mol. The minimum absolute atomic E-state index is 0. The molecule has 0 aliphatic heterocycles. The Morgan fingerprint density at radius 3 is 0.571 bits per heavy atom. The Hall–Kier alpha value is -1.38. The summed E-state index contributed by atoms with van der Waals surface area (Å²) in [6, 6.07) is 0. The second kappa shape index (κ2) is 30.6. The minimum Gasteiger partial charge on any atom is -0.845 e. The second-order valence-electron chi connectivity index (χ2n) is 4.76. The molecular formula is C12H18Cu4O19. The van der Waals surface area contributed by atoms with Crippen LogP contribution in [0.5, 0.6) is 0 Å². The van der Waals surface area contributed by atoms with Crippen molar-refractivity contribution in [1.29, 1.82) is 0 Å². The third-order valence-corrected chi connectivity index (χ3v) is 2.46. The zero-order valence-electron chi connectivity index (χ0n) is 16.2. The van der Waals surface area contributed by atoms with Crippen LogP contribution in [0.3, 0.4) is 0 Å². The van der Waals surface area contributed by atoms with Gasteiger partial charge in [-0.25, -0.2) is 0 Å². The SMILES string of the molecule is O.O.O.O.O.O=C([O-])CC([O-])(CC(=O)[O-])C(=O)[O-].O=C([O-])CC([O-])(CC(=O)[O-])C(=O)[O-].[Cu+2].[Cu+2].[Cu+2].[Cu+2]. The third kappa shape index (κ3) is 32.6. The van der Waals surface area contributed by atoms with Gasteiger partial charge in [0.25, 0.3) is 0 Å². The van der Waals surface area contributed by atoms with Crippen LogP contribution < -0.4 is 40.9 Å². The normalized spacial score (nSPS) is 8.06. The van der Waals surface area contributed by atoms with Gasteiger partial charge in [0.05, 0.1) is 0 Å². The van der Waals surface area contributed by atoms with E-state index in [2.05, 4.69) is 0 Å². The molecule has 0 saturated carbocycles. The first-order chi connectivity index (χ1) is 11.6. The van der Waals surface area contributed by atoms with Gasteiger partial charge >= 0.3 is 68.3 Å². The van der Waals surface area contributed by atoms with Crippen LogP contribution in [0.2, 0.25) is 0 Å². The number of hydrogen-bond donors (Lipinski definition) is 0. The molecule has 0 rings (SSSR count). The summed E-state index contributed by atoms with van der Waals surface area (Å²) in [5.41, 5.74) is -6.45. The standard InChI is InChI=1S/2C6H7O7.4Cu.5H2O/c2*7-3(8)1-6(13,5(11)12)2-4(9)10;;;;;;;;;/h2*1-2H2,(H,7,8)(H,9,10)(H,11,12);;;;;5*1H2/q2*-1;4*+2;;;;;/p-6. The molecule has 0 saturated heterocycles. The Kier molecular flexibility index (Phi) is 61.2. The fourth-order valence-corrected chi connectivity index (χ4v) is 1.35. The van der Waals surface area contributed by atoms with Crippen molar-refractivity contribution in [2.75, 3.05) is 0 Å². The molecule has 0 aliphatic rings. The monoisotopic (exact) mass is 718 g/mol. The van der Waals surface area contributed by atoms with Crippen molar-refractivity contribution in [2.45, 2.75) is 36.9 Å². The van der Waals surface area contributed by atoms with Gasteiger partial charge in [-0.05, 0) is 25.7 Å². The zero-order chi connectivity index (χ0) is 21.3. The molecule has 0 aromatic carbocycles. The van der Waals surface area contributed by atoms with Crippen molar-refractivity contribution in [2.24, 2.45) is 0 Å². The number of carboxylic acids is 6. The van der Waals surface area contributed by atoms with Crippen LogP contribution in [0.4, 0.5) is 0 Å². The van der Waals surface area contributed by atoms with Crippen molar-refractivity contribution < 1.29 is 165 Å². The molecule has 0 amide bonds. The van der Waals surface area contributed by atoms with Gasteiger partial charge in [0.1, 0.15) is 0 Å². The Bertz CT molecular complexity index is 529. The van der Waals surface area contributed by atoms with Gasteiger partial charge in [-0.1, -0.05) is 11.2 Å². The van der Waals surface area contributed by atoms with E-state index in [0.717, 1.165) is 0 Å². The molecule has 0 unspecified atom stereocenters. The van der Waals surface area contributed by atoms with Crippen LogP contribution in [0, 0.1) is 0 Å². The first-order valence-corrected chi connectivity index (χ1v) is 6.19. The molecule has 0 spiro atoms. The molecular weight excluding hydrogens is 702 g/mol. The fourth-order valence-electron chi connectivity index (χ4n) is 1.35. The number of carbonyl (C=O) groups excluding carboxylic acids is 6. The van der Waals surface area contributed by atoms with E-state index in [0.29, 0.717) is 0 Å². The van der Waals surface area contributed by atoms with E-state index in [1.54, 1.807) is 0 Å². The maximum atomic E-state index is 10.9. The summed E-state index contributed by atoms with van der Waals surface area (Å²) in [4.78, 5) is 59.7. The van der Waals surface area contributed by atoms with E-state index in [1.807, 2.05) is 0 Å². The third-order valence-electron chi connectivity index (χ3n) is 2.46. The van der Waals surface area contributed by atoms with Gasteiger partial charge in [-0.2, -0.15) is 0 Å². The van der Waals surface area contributed by atoms with Crippen LogP contribution in [-0.4, -0.2) is 74.4 Å². The number of hydrogen-bond acceptors (Lipinski definition) is 14. The van der Waals surface area contributed by atoms with E-state index >= 15 is 0 Å². The van der Waals surface area contributed by atoms with Crippen LogP contribution in [-0.2, 0) is 97.0 Å². The summed E-state index contributed by atoms with van der Waals surface area (Å²) in [6.45, 7) is 0. The summed E-state index contributed by atoms with van der Waals surface area (Å²) in [5.74, 6) is -12.4. The van der Waals surface area contributed by atoms with E-state index in [-0.39, 0.29) is 95.7 Å². The molecule has 19 nitrogen and oxygen atoms in total. The molecule has 0 bridgehead atoms. The zero-order valence-corrected chi connectivity index (χ0v) is 20.0. The molecule has 224 valence electrons. The molecule has 10 N–H and O–H groups in total. The largest absolute Gasteiger partial charge is 2.00 e. The molecule has 0 atom stereocenters. The first kappa shape index (κ1) is 69.9. The van der Waals surface area contributed by atoms with Crippen molar-refractivity contribution in [3.05, 3.63) is 0 Å². The predicted octanol–water partition coefficient (Wildman–Crippen LogP) is -15.9. The summed E-state index contributed by atoms with van der Waals surface area (Å²) in [6.07, 6.45) is -5.88. The van der Waals surface area contributed by atoms with Crippen LogP contribution in [0.15, 0.2) is 0 Å². The smallest absolute Gasteiger partial charge is 0.845 e. The maximum absolute atomic E-state index is 10.9.